The topological polar surface area (TPSA) is 486 Å². The molecule has 18 N–H and O–H groups in total. The lowest BCUT2D eigenvalue weighted by Gasteiger charge is -2.34. The number of phenolic OH excluding ortho intramolecular Hbond substituents is 1. The van der Waals surface area contributed by atoms with Crippen LogP contribution in [0.1, 0.15) is 49.0 Å². The number of phenols is 1. The zero-order valence-corrected chi connectivity index (χ0v) is 56.1. The van der Waals surface area contributed by atoms with Gasteiger partial charge in [-0.1, -0.05) is 72.9 Å². The van der Waals surface area contributed by atoms with Crippen LogP contribution >= 0.6 is 11.3 Å². The highest BCUT2D eigenvalue weighted by molar-refractivity contribution is 7.17. The summed E-state index contributed by atoms with van der Waals surface area (Å²) in [6, 6.07) is 12.3. The monoisotopic (exact) mass is 1420 g/mol. The molecule has 3 fully saturated rings. The molecule has 0 aliphatic carbocycles. The van der Waals surface area contributed by atoms with Crippen molar-refractivity contribution in [1.82, 2.24) is 57.2 Å². The number of carbonyl (C=O) groups excluding carboxylic acids is 7. The van der Waals surface area contributed by atoms with Crippen molar-refractivity contribution < 1.29 is 104 Å². The third kappa shape index (κ3) is 20.2. The number of amides is 7. The number of fused-ring (bicyclic) bond motifs is 2. The van der Waals surface area contributed by atoms with Gasteiger partial charge in [-0.05, 0) is 73.0 Å². The Labute approximate surface area is 579 Å². The van der Waals surface area contributed by atoms with Crippen LogP contribution in [0.2, 0.25) is 0 Å². The van der Waals surface area contributed by atoms with E-state index in [-0.39, 0.29) is 62.1 Å². The van der Waals surface area contributed by atoms with Gasteiger partial charge in [-0.25, -0.2) is 0 Å². The smallest absolute Gasteiger partial charge is 0.251 e. The van der Waals surface area contributed by atoms with E-state index < -0.39 is 184 Å². The molecule has 0 radical (unpaired) electrons. The van der Waals surface area contributed by atoms with E-state index in [4.69, 9.17) is 14.2 Å². The van der Waals surface area contributed by atoms with Crippen LogP contribution in [0.5, 0.6) is 17.2 Å². The molecule has 0 bridgehead atoms. The molecule has 1 aromatic heterocycles. The average Bonchev–Trinajstić information content (AvgIpc) is 1.62. The predicted octanol–water partition coefficient (Wildman–Crippen LogP) is -4.13. The van der Waals surface area contributed by atoms with E-state index in [2.05, 4.69) is 47.4 Å². The molecule has 33 heteroatoms. The molecule has 13 atom stereocenters. The molecule has 0 unspecified atom stereocenters. The van der Waals surface area contributed by atoms with Crippen LogP contribution in [0.3, 0.4) is 0 Å². The van der Waals surface area contributed by atoms with Gasteiger partial charge < -0.3 is 117 Å². The van der Waals surface area contributed by atoms with Crippen LogP contribution < -0.4 is 46.7 Å². The number of aliphatic hydroxyl groups excluding tert-OH is 10. The SMILES string of the molecule is COCCOc1ccc(-c2ccc(-c3nnc(-c4ccc(C(=O)N[C@H]5C[C@@H](O)CNC(=O)[C@@H]6[C@@H](O)[C@@H](C)CN6C(=O)[C@H]([C@H](O)CCNC(CO)CO)NC(=O)[C@H]([C@H](O)Cc6ccc(O)c(OCCNC(CO)CO)c6)NC(=O)[C@@H]6C[C@@H](O)CN6C(=O)[C@H]([C@@H](C)O)NC5=O)cc4)s3)cc2)cc1. The largest absolute Gasteiger partial charge is 0.504 e. The van der Waals surface area contributed by atoms with Crippen molar-refractivity contribution in [3.63, 3.8) is 0 Å². The summed E-state index contributed by atoms with van der Waals surface area (Å²) < 4.78 is 16.4. The molecule has 8 rings (SSSR count). The number of benzene rings is 4. The molecule has 32 nitrogen and oxygen atoms in total. The summed E-state index contributed by atoms with van der Waals surface area (Å²) in [6.45, 7) is -0.207. The van der Waals surface area contributed by atoms with Gasteiger partial charge in [0.05, 0.1) is 81.7 Å². The van der Waals surface area contributed by atoms with Crippen molar-refractivity contribution in [2.24, 2.45) is 5.92 Å². The quantitative estimate of drug-likeness (QED) is 0.0222. The summed E-state index contributed by atoms with van der Waals surface area (Å²) in [5.41, 5.74) is 3.48. The number of aliphatic hydroxyl groups is 10. The molecule has 4 heterocycles. The third-order valence-corrected chi connectivity index (χ3v) is 18.5. The van der Waals surface area contributed by atoms with Crippen molar-refractivity contribution in [3.8, 4) is 49.5 Å². The minimum atomic E-state index is -2.15. The highest BCUT2D eigenvalue weighted by Crippen LogP contribution is 2.33. The van der Waals surface area contributed by atoms with Gasteiger partial charge in [-0.2, -0.15) is 0 Å². The number of aromatic hydroxyl groups is 1. The Morgan fingerprint density at radius 1 is 0.640 bits per heavy atom. The fourth-order valence-electron chi connectivity index (χ4n) is 11.7. The number of hydrogen-bond donors (Lipinski definition) is 18. The van der Waals surface area contributed by atoms with Crippen LogP contribution in [0.4, 0.5) is 0 Å². The van der Waals surface area contributed by atoms with Crippen LogP contribution in [0.15, 0.2) is 91.0 Å². The van der Waals surface area contributed by atoms with E-state index in [1.165, 1.54) is 48.6 Å². The number of hydrogen-bond acceptors (Lipinski definition) is 26. The number of nitrogens with one attached hydrogen (secondary N) is 7. The Hall–Kier alpha value is -8.39. The Kier molecular flexibility index (Phi) is 28.5. The lowest BCUT2D eigenvalue weighted by molar-refractivity contribution is -0.147. The Bertz CT molecular complexity index is 3530. The van der Waals surface area contributed by atoms with Gasteiger partial charge in [0.2, 0.25) is 35.4 Å². The standard InChI is InChI=1S/C67H89N11O21S/c1-35-29-78-57(58(35)89)63(94)70-28-45(84)26-48(71-59(90)40-7-11-42(12-8-40)65-76-75-64(100-65)41-9-5-38(6-10-41)39-13-15-47(16-14-39)98-23-22-97-3)60(91)72-54(36(2)83)66(95)77-30-46(85)27-49(77)61(92)73-55(62(93)74-56(67(78)96)51(87)18-19-68-43(31-79)32-80)52(88)24-37-4-17-50(86)53(25-37)99-21-20-69-44(33-81)34-82/h4-17,25,35-36,43-46,48-49,51-52,54-58,68-69,79-89H,18-24,26-34H2,1-3H3,(H,70,94)(H,71,90)(H,72,91)(H,73,92)(H,74,93)/t35-,36+,45+,46+,48-,49-,51+,52+,54-,55-,56-,57-,58-/m0/s1. The fourth-order valence-corrected chi connectivity index (χ4v) is 12.6. The zero-order valence-electron chi connectivity index (χ0n) is 55.3. The van der Waals surface area contributed by atoms with Crippen molar-refractivity contribution in [2.75, 3.05) is 86.1 Å². The van der Waals surface area contributed by atoms with Crippen molar-refractivity contribution in [1.29, 1.82) is 0 Å². The van der Waals surface area contributed by atoms with E-state index in [0.717, 1.165) is 33.4 Å². The number of carbonyl (C=O) groups is 7. The molecule has 5 aromatic rings. The van der Waals surface area contributed by atoms with Crippen LogP contribution in [-0.4, -0.2) is 289 Å². The molecule has 544 valence electrons. The molecule has 3 saturated heterocycles. The molecule has 3 aliphatic rings. The van der Waals surface area contributed by atoms with Crippen LogP contribution in [0, 0.1) is 5.92 Å². The Morgan fingerprint density at radius 3 is 1.84 bits per heavy atom. The van der Waals surface area contributed by atoms with E-state index in [0.29, 0.717) is 34.5 Å². The molecular weight excluding hydrogens is 1330 g/mol. The second-order valence-corrected chi connectivity index (χ2v) is 25.9. The first-order chi connectivity index (χ1) is 47.9. The molecular formula is C67H89N11O21S. The van der Waals surface area contributed by atoms with Gasteiger partial charge in [0, 0.05) is 75.2 Å². The van der Waals surface area contributed by atoms with E-state index in [1.807, 2.05) is 48.5 Å². The Balaban J connectivity index is 1.07. The predicted molar refractivity (Wildman–Crippen MR) is 359 cm³/mol. The van der Waals surface area contributed by atoms with Crippen molar-refractivity contribution in [2.45, 2.75) is 124 Å². The van der Waals surface area contributed by atoms with Gasteiger partial charge in [0.15, 0.2) is 11.5 Å². The molecule has 4 aromatic carbocycles. The average molecular weight is 1420 g/mol. The Morgan fingerprint density at radius 2 is 1.22 bits per heavy atom. The molecule has 0 saturated carbocycles. The normalized spacial score (nSPS) is 23.8. The van der Waals surface area contributed by atoms with Crippen LogP contribution in [0.25, 0.3) is 32.3 Å². The fraction of sp³-hybridized carbons (Fsp3) is 0.507. The second-order valence-electron chi connectivity index (χ2n) is 24.9. The maximum atomic E-state index is 15.1. The number of rotatable bonds is 27. The summed E-state index contributed by atoms with van der Waals surface area (Å²) >= 11 is 1.29. The van der Waals surface area contributed by atoms with Gasteiger partial charge in [-0.3, -0.25) is 33.6 Å². The highest BCUT2D eigenvalue weighted by Gasteiger charge is 2.50. The molecule has 3 aliphatic heterocycles. The molecule has 7 amide bonds. The van der Waals surface area contributed by atoms with Gasteiger partial charge >= 0.3 is 0 Å². The summed E-state index contributed by atoms with van der Waals surface area (Å²) in [6.07, 6.45) is -12.6. The van der Waals surface area contributed by atoms with E-state index in [1.54, 1.807) is 19.2 Å². The van der Waals surface area contributed by atoms with E-state index >= 15 is 4.79 Å². The van der Waals surface area contributed by atoms with Crippen LogP contribution in [-0.2, 0) is 39.9 Å². The number of methoxy groups -OCH3 is 1. The van der Waals surface area contributed by atoms with Crippen molar-refractivity contribution >= 4 is 52.7 Å². The van der Waals surface area contributed by atoms with Gasteiger partial charge in [-0.15, -0.1) is 10.2 Å². The first kappa shape index (κ1) is 77.3. The lowest BCUT2D eigenvalue weighted by Crippen LogP contribution is -2.64. The second kappa shape index (κ2) is 36.8. The number of aromatic nitrogens is 2. The number of ether oxygens (including phenoxy) is 3. The maximum absolute atomic E-state index is 15.1. The summed E-state index contributed by atoms with van der Waals surface area (Å²) in [5, 5.41) is 147. The number of nitrogens with zero attached hydrogens (tertiary/aromatic N) is 4. The first-order valence-electron chi connectivity index (χ1n) is 32.8. The van der Waals surface area contributed by atoms with Gasteiger partial charge in [0.1, 0.15) is 65.2 Å². The first-order valence-corrected chi connectivity index (χ1v) is 33.6. The maximum Gasteiger partial charge on any atom is 0.251 e. The van der Waals surface area contributed by atoms with Gasteiger partial charge in [0.25, 0.3) is 5.91 Å². The number of β-amino-alcohol motifs (C(OH)–C–C–N with tert-alkyl or cyclic N) is 1. The zero-order chi connectivity index (χ0) is 72.3. The summed E-state index contributed by atoms with van der Waals surface area (Å²) in [7, 11) is 1.60. The minimum Gasteiger partial charge on any atom is -0.504 e. The summed E-state index contributed by atoms with van der Waals surface area (Å²) in [5.74, 6) is -8.56. The molecule has 100 heavy (non-hydrogen) atoms. The third-order valence-electron chi connectivity index (χ3n) is 17.5. The molecule has 0 spiro atoms. The van der Waals surface area contributed by atoms with Crippen molar-refractivity contribution in [3.05, 3.63) is 102 Å². The van der Waals surface area contributed by atoms with E-state index in [9.17, 15) is 84.9 Å². The minimum absolute atomic E-state index is 0.00312. The highest BCUT2D eigenvalue weighted by atomic mass is 32.1. The summed E-state index contributed by atoms with van der Waals surface area (Å²) in [4.78, 5) is 105. The lowest BCUT2D eigenvalue weighted by atomic mass is 9.98.